The number of benzene rings is 11. The van der Waals surface area contributed by atoms with Crippen LogP contribution in [0.1, 0.15) is 5.56 Å². The zero-order chi connectivity index (χ0) is 40.7. The Hall–Kier alpha value is -7.37. The van der Waals surface area contributed by atoms with Crippen LogP contribution < -0.4 is 0 Å². The van der Waals surface area contributed by atoms with Crippen molar-refractivity contribution in [1.82, 2.24) is 0 Å². The first-order valence-corrected chi connectivity index (χ1v) is 19.7. The summed E-state index contributed by atoms with van der Waals surface area (Å²) in [6.07, 6.45) is -4.46. The van der Waals surface area contributed by atoms with Gasteiger partial charge in [0.2, 0.25) is 0 Å². The van der Waals surface area contributed by atoms with Gasteiger partial charge in [-0.3, -0.25) is 0 Å². The van der Waals surface area contributed by atoms with Crippen LogP contribution in [0.25, 0.3) is 109 Å². The van der Waals surface area contributed by atoms with Crippen molar-refractivity contribution < 1.29 is 22.0 Å². The molecule has 0 unspecified atom stereocenters. The molecule has 0 aliphatic carbocycles. The highest BCUT2D eigenvalue weighted by atomic mass is 19.4. The van der Waals surface area contributed by atoms with Crippen molar-refractivity contribution in [2.24, 2.45) is 0 Å². The topological polar surface area (TPSA) is 0 Å². The summed E-state index contributed by atoms with van der Waals surface area (Å²) >= 11 is 0. The molecule has 0 fully saturated rings. The summed E-state index contributed by atoms with van der Waals surface area (Å²) in [6.45, 7) is 0. The van der Waals surface area contributed by atoms with Crippen molar-refractivity contribution in [3.8, 4) is 44.5 Å². The van der Waals surface area contributed by atoms with Gasteiger partial charge < -0.3 is 0 Å². The van der Waals surface area contributed by atoms with Crippen LogP contribution in [-0.2, 0) is 6.18 Å². The maximum absolute atomic E-state index is 15.0. The molecule has 5 heteroatoms. The molecule has 0 saturated heterocycles. The van der Waals surface area contributed by atoms with Gasteiger partial charge in [0.05, 0.1) is 5.56 Å². The minimum atomic E-state index is -4.46. The maximum Gasteiger partial charge on any atom is 0.416 e. The lowest BCUT2D eigenvalue weighted by Gasteiger charge is -2.22. The molecule has 0 amide bonds. The second kappa shape index (κ2) is 13.6. The van der Waals surface area contributed by atoms with E-state index in [-0.39, 0.29) is 11.6 Å². The fraction of sp³-hybridized carbons (Fsp3) is 0.0182. The quantitative estimate of drug-likeness (QED) is 0.0947. The molecule has 0 saturated carbocycles. The van der Waals surface area contributed by atoms with Crippen molar-refractivity contribution in [1.29, 1.82) is 0 Å². The Morgan fingerprint density at radius 1 is 0.283 bits per heavy atom. The number of fused-ring (bicyclic) bond motifs is 8. The van der Waals surface area contributed by atoms with Crippen LogP contribution >= 0.6 is 0 Å². The number of rotatable bonds is 4. The molecule has 0 N–H and O–H groups in total. The van der Waals surface area contributed by atoms with E-state index in [2.05, 4.69) is 84.9 Å². The molecule has 286 valence electrons. The van der Waals surface area contributed by atoms with Crippen molar-refractivity contribution in [2.45, 2.75) is 6.18 Å². The summed E-state index contributed by atoms with van der Waals surface area (Å²) in [5, 5.41) is 11.7. The third-order valence-corrected chi connectivity index (χ3v) is 12.0. The Balaban J connectivity index is 1.33. The molecule has 11 aromatic carbocycles. The molecule has 0 spiro atoms. The molecule has 11 aromatic rings. The maximum atomic E-state index is 15.0. The molecule has 0 heterocycles. The third kappa shape index (κ3) is 5.80. The van der Waals surface area contributed by atoms with Crippen LogP contribution in [0.5, 0.6) is 0 Å². The molecule has 0 aromatic heterocycles. The van der Waals surface area contributed by atoms with E-state index in [1.165, 1.54) is 30.3 Å². The lowest BCUT2D eigenvalue weighted by atomic mass is 9.81. The Morgan fingerprint density at radius 3 is 1.25 bits per heavy atom. The molecule has 60 heavy (non-hydrogen) atoms. The van der Waals surface area contributed by atoms with Gasteiger partial charge in [-0.05, 0) is 170 Å². The molecule has 0 radical (unpaired) electrons. The zero-order valence-corrected chi connectivity index (χ0v) is 31.8. The highest BCUT2D eigenvalue weighted by Gasteiger charge is 2.30. The van der Waals surface area contributed by atoms with Gasteiger partial charge in [0.1, 0.15) is 11.6 Å². The van der Waals surface area contributed by atoms with E-state index < -0.39 is 11.7 Å². The van der Waals surface area contributed by atoms with Crippen LogP contribution in [0.3, 0.4) is 0 Å². The smallest absolute Gasteiger partial charge is 0.207 e. The Labute approximate surface area is 341 Å². The molecule has 0 atom stereocenters. The summed E-state index contributed by atoms with van der Waals surface area (Å²) in [6, 6.07) is 58.3. The van der Waals surface area contributed by atoms with Gasteiger partial charge in [-0.2, -0.15) is 13.2 Å². The van der Waals surface area contributed by atoms with E-state index in [9.17, 15) is 17.6 Å². The first-order chi connectivity index (χ1) is 29.2. The van der Waals surface area contributed by atoms with Gasteiger partial charge in [0.25, 0.3) is 0 Å². The minimum absolute atomic E-state index is 0.320. The molecular weight excluding hydrogens is 756 g/mol. The summed E-state index contributed by atoms with van der Waals surface area (Å²) in [4.78, 5) is 0. The van der Waals surface area contributed by atoms with Gasteiger partial charge >= 0.3 is 6.18 Å². The van der Waals surface area contributed by atoms with Gasteiger partial charge in [-0.25, -0.2) is 8.78 Å². The normalized spacial score (nSPS) is 12.1. The van der Waals surface area contributed by atoms with E-state index >= 15 is 4.39 Å². The van der Waals surface area contributed by atoms with Gasteiger partial charge in [0, 0.05) is 0 Å². The summed E-state index contributed by atoms with van der Waals surface area (Å²) in [5.74, 6) is -0.662. The Morgan fingerprint density at radius 2 is 0.700 bits per heavy atom. The van der Waals surface area contributed by atoms with Crippen LogP contribution in [0.2, 0.25) is 0 Å². The predicted octanol–water partition coefficient (Wildman–Crippen LogP) is 16.6. The van der Waals surface area contributed by atoms with Crippen LogP contribution in [0.15, 0.2) is 188 Å². The van der Waals surface area contributed by atoms with Gasteiger partial charge in [-0.1, -0.05) is 127 Å². The van der Waals surface area contributed by atoms with E-state index in [1.807, 2.05) is 42.5 Å². The molecule has 11 rings (SSSR count). The van der Waals surface area contributed by atoms with Crippen LogP contribution in [0.4, 0.5) is 22.0 Å². The summed E-state index contributed by atoms with van der Waals surface area (Å²) in [7, 11) is 0. The van der Waals surface area contributed by atoms with Gasteiger partial charge in [0.15, 0.2) is 0 Å². The average Bonchev–Trinajstić information content (AvgIpc) is 3.27. The molecular formula is C55H31F5. The Kier molecular flexibility index (Phi) is 8.11. The van der Waals surface area contributed by atoms with E-state index in [0.717, 1.165) is 116 Å². The highest BCUT2D eigenvalue weighted by molar-refractivity contribution is 6.29. The number of halogens is 5. The molecule has 0 bridgehead atoms. The Bertz CT molecular complexity index is 3530. The lowest BCUT2D eigenvalue weighted by molar-refractivity contribution is -0.137. The van der Waals surface area contributed by atoms with Crippen LogP contribution in [0, 0.1) is 11.6 Å². The predicted molar refractivity (Wildman–Crippen MR) is 238 cm³/mol. The molecule has 0 nitrogen and oxygen atoms in total. The lowest BCUT2D eigenvalue weighted by Crippen LogP contribution is -2.03. The third-order valence-electron chi connectivity index (χ3n) is 12.0. The number of alkyl halides is 3. The number of hydrogen-bond donors (Lipinski definition) is 0. The van der Waals surface area contributed by atoms with E-state index in [1.54, 1.807) is 18.2 Å². The van der Waals surface area contributed by atoms with E-state index in [0.29, 0.717) is 5.56 Å². The fourth-order valence-electron chi connectivity index (χ4n) is 9.21. The molecule has 0 aliphatic rings. The largest absolute Gasteiger partial charge is 0.416 e. The SMILES string of the molecule is Fc1ccc(-c2ccc3c(-c4cc5cc(F)ccc5c5ccccc45)c4cc(-c5ccc(C(F)(F)F)cc5)ccc4c(-c4cc5ccccc5c5ccccc45)c3c2)cc1. The average molecular weight is 787 g/mol. The zero-order valence-electron chi connectivity index (χ0n) is 31.8. The van der Waals surface area contributed by atoms with E-state index in [4.69, 9.17) is 0 Å². The van der Waals surface area contributed by atoms with Crippen molar-refractivity contribution in [3.05, 3.63) is 205 Å². The van der Waals surface area contributed by atoms with Crippen molar-refractivity contribution in [3.63, 3.8) is 0 Å². The second-order valence-electron chi connectivity index (χ2n) is 15.4. The van der Waals surface area contributed by atoms with Crippen LogP contribution in [-0.4, -0.2) is 0 Å². The first-order valence-electron chi connectivity index (χ1n) is 19.7. The minimum Gasteiger partial charge on any atom is -0.207 e. The monoisotopic (exact) mass is 786 g/mol. The van der Waals surface area contributed by atoms with Crippen molar-refractivity contribution in [2.75, 3.05) is 0 Å². The number of hydrogen-bond acceptors (Lipinski definition) is 0. The van der Waals surface area contributed by atoms with Crippen molar-refractivity contribution >= 4 is 64.6 Å². The highest BCUT2D eigenvalue weighted by Crippen LogP contribution is 2.50. The second-order valence-corrected chi connectivity index (χ2v) is 15.4. The summed E-state index contributed by atoms with van der Waals surface area (Å²) < 4.78 is 70.4. The molecule has 0 aliphatic heterocycles. The standard InChI is InChI=1S/C55H31F5/c56-39-21-15-33(16-22-39)35-18-25-48-51(29-35)53(49-30-36-7-1-2-8-41(36)43-9-3-5-11-45(43)49)47-24-17-34(32-13-19-38(20-14-32)55(58,59)60)28-52(47)54(48)50-31-37-27-40(57)23-26-42(37)44-10-4-6-12-46(44)50/h1-31H. The fourth-order valence-corrected chi connectivity index (χ4v) is 9.21. The summed E-state index contributed by atoms with van der Waals surface area (Å²) in [5.41, 5.74) is 6.28. The first kappa shape index (κ1) is 35.8. The van der Waals surface area contributed by atoms with Gasteiger partial charge in [-0.15, -0.1) is 0 Å².